The molecule has 1 saturated carbocycles. The third-order valence-electron chi connectivity index (χ3n) is 3.36. The Kier molecular flexibility index (Phi) is 3.20. The minimum absolute atomic E-state index is 0.686. The van der Waals surface area contributed by atoms with Gasteiger partial charge in [-0.15, -0.1) is 0 Å². The average molecular weight is 189 g/mol. The molecule has 0 amide bonds. The molecule has 1 aromatic carbocycles. The molecule has 2 atom stereocenters. The molecular formula is C13H19N. The lowest BCUT2D eigenvalue weighted by atomic mass is 9.80. The normalized spacial score (nSPS) is 27.5. The van der Waals surface area contributed by atoms with Crippen LogP contribution in [0.4, 0.5) is 0 Å². The highest BCUT2D eigenvalue weighted by Crippen LogP contribution is 2.32. The molecule has 0 bridgehead atoms. The van der Waals surface area contributed by atoms with E-state index in [4.69, 9.17) is 0 Å². The van der Waals surface area contributed by atoms with Crippen LogP contribution in [-0.2, 0) is 0 Å². The molecule has 1 aromatic rings. The lowest BCUT2D eigenvalue weighted by molar-refractivity contribution is 0.344. The smallest absolute Gasteiger partial charge is 0.0133 e. The van der Waals surface area contributed by atoms with Crippen molar-refractivity contribution in [2.45, 2.75) is 37.6 Å². The Bertz CT molecular complexity index is 268. The summed E-state index contributed by atoms with van der Waals surface area (Å²) < 4.78 is 0. The molecular weight excluding hydrogens is 170 g/mol. The number of likely N-dealkylation sites (N-methyl/N-ethyl adjacent to an activating group) is 1. The zero-order valence-corrected chi connectivity index (χ0v) is 8.87. The zero-order chi connectivity index (χ0) is 9.80. The second kappa shape index (κ2) is 4.61. The predicted octanol–water partition coefficient (Wildman–Crippen LogP) is 2.93. The molecule has 1 heteroatoms. The van der Waals surface area contributed by atoms with Crippen LogP contribution in [0.1, 0.15) is 37.2 Å². The van der Waals surface area contributed by atoms with Crippen molar-refractivity contribution in [2.75, 3.05) is 7.05 Å². The van der Waals surface area contributed by atoms with Gasteiger partial charge in [0.1, 0.15) is 0 Å². The summed E-state index contributed by atoms with van der Waals surface area (Å²) in [4.78, 5) is 0. The van der Waals surface area contributed by atoms with E-state index >= 15 is 0 Å². The van der Waals surface area contributed by atoms with Gasteiger partial charge < -0.3 is 5.32 Å². The van der Waals surface area contributed by atoms with E-state index < -0.39 is 0 Å². The highest BCUT2D eigenvalue weighted by atomic mass is 14.9. The van der Waals surface area contributed by atoms with Crippen LogP contribution in [0, 0.1) is 0 Å². The van der Waals surface area contributed by atoms with E-state index in [-0.39, 0.29) is 0 Å². The number of hydrogen-bond acceptors (Lipinski definition) is 1. The van der Waals surface area contributed by atoms with Crippen LogP contribution in [0.15, 0.2) is 30.3 Å². The summed E-state index contributed by atoms with van der Waals surface area (Å²) in [6.07, 6.45) is 5.44. The third kappa shape index (κ3) is 1.98. The molecule has 1 nitrogen and oxygen atoms in total. The average Bonchev–Trinajstić information content (AvgIpc) is 2.30. The maximum absolute atomic E-state index is 3.45. The first-order valence-corrected chi connectivity index (χ1v) is 5.64. The molecule has 2 rings (SSSR count). The van der Waals surface area contributed by atoms with Gasteiger partial charge in [0.25, 0.3) is 0 Å². The van der Waals surface area contributed by atoms with E-state index in [1.54, 1.807) is 0 Å². The lowest BCUT2D eigenvalue weighted by Gasteiger charge is -2.31. The zero-order valence-electron chi connectivity index (χ0n) is 8.87. The topological polar surface area (TPSA) is 12.0 Å². The standard InChI is InChI=1S/C13H19N/c1-14-13-10-6-5-9-12(13)11-7-3-2-4-8-11/h2-4,7-8,12-14H,5-6,9-10H2,1H3/t12-,13-/m1/s1. The van der Waals surface area contributed by atoms with Gasteiger partial charge in [0, 0.05) is 6.04 Å². The van der Waals surface area contributed by atoms with Crippen molar-refractivity contribution in [1.82, 2.24) is 5.32 Å². The van der Waals surface area contributed by atoms with Crippen molar-refractivity contribution in [3.05, 3.63) is 35.9 Å². The van der Waals surface area contributed by atoms with Gasteiger partial charge in [-0.1, -0.05) is 43.2 Å². The van der Waals surface area contributed by atoms with Crippen LogP contribution in [-0.4, -0.2) is 13.1 Å². The van der Waals surface area contributed by atoms with Gasteiger partial charge in [-0.05, 0) is 31.4 Å². The van der Waals surface area contributed by atoms with Crippen LogP contribution >= 0.6 is 0 Å². The van der Waals surface area contributed by atoms with E-state index in [0.29, 0.717) is 6.04 Å². The Morgan fingerprint density at radius 1 is 1.07 bits per heavy atom. The van der Waals surface area contributed by atoms with Crippen LogP contribution in [0.2, 0.25) is 0 Å². The van der Waals surface area contributed by atoms with E-state index in [1.165, 1.54) is 31.2 Å². The molecule has 0 unspecified atom stereocenters. The molecule has 1 fully saturated rings. The molecule has 0 aliphatic heterocycles. The van der Waals surface area contributed by atoms with Crippen LogP contribution in [0.25, 0.3) is 0 Å². The summed E-state index contributed by atoms with van der Waals surface area (Å²) in [5.74, 6) is 0.731. The largest absolute Gasteiger partial charge is 0.316 e. The second-order valence-corrected chi connectivity index (χ2v) is 4.20. The summed E-state index contributed by atoms with van der Waals surface area (Å²) in [5.41, 5.74) is 1.51. The molecule has 1 N–H and O–H groups in total. The molecule has 0 aromatic heterocycles. The summed E-state index contributed by atoms with van der Waals surface area (Å²) >= 11 is 0. The summed E-state index contributed by atoms with van der Waals surface area (Å²) in [6.45, 7) is 0. The van der Waals surface area contributed by atoms with Gasteiger partial charge in [0.2, 0.25) is 0 Å². The number of hydrogen-bond donors (Lipinski definition) is 1. The monoisotopic (exact) mass is 189 g/mol. The summed E-state index contributed by atoms with van der Waals surface area (Å²) in [5, 5.41) is 3.45. The van der Waals surface area contributed by atoms with E-state index in [2.05, 4.69) is 42.7 Å². The second-order valence-electron chi connectivity index (χ2n) is 4.20. The van der Waals surface area contributed by atoms with Crippen LogP contribution in [0.3, 0.4) is 0 Å². The fraction of sp³-hybridized carbons (Fsp3) is 0.538. The van der Waals surface area contributed by atoms with Gasteiger partial charge in [-0.3, -0.25) is 0 Å². The highest BCUT2D eigenvalue weighted by Gasteiger charge is 2.24. The minimum Gasteiger partial charge on any atom is -0.316 e. The fourth-order valence-corrected chi connectivity index (χ4v) is 2.58. The molecule has 1 aliphatic rings. The Hall–Kier alpha value is -0.820. The molecule has 0 radical (unpaired) electrons. The fourth-order valence-electron chi connectivity index (χ4n) is 2.58. The van der Waals surface area contributed by atoms with Crippen molar-refractivity contribution in [3.63, 3.8) is 0 Å². The van der Waals surface area contributed by atoms with Gasteiger partial charge in [0.05, 0.1) is 0 Å². The molecule has 1 aliphatic carbocycles. The molecule has 0 saturated heterocycles. The summed E-state index contributed by atoms with van der Waals surface area (Å²) in [7, 11) is 2.09. The Balaban J connectivity index is 2.15. The first kappa shape index (κ1) is 9.72. The highest BCUT2D eigenvalue weighted by molar-refractivity contribution is 5.21. The van der Waals surface area contributed by atoms with E-state index in [1.807, 2.05) is 0 Å². The van der Waals surface area contributed by atoms with Crippen LogP contribution in [0.5, 0.6) is 0 Å². The first-order chi connectivity index (χ1) is 6.92. The van der Waals surface area contributed by atoms with Gasteiger partial charge in [-0.25, -0.2) is 0 Å². The lowest BCUT2D eigenvalue weighted by Crippen LogP contribution is -2.34. The first-order valence-electron chi connectivity index (χ1n) is 5.64. The van der Waals surface area contributed by atoms with Gasteiger partial charge >= 0.3 is 0 Å². The van der Waals surface area contributed by atoms with Gasteiger partial charge in [0.15, 0.2) is 0 Å². The third-order valence-corrected chi connectivity index (χ3v) is 3.36. The number of rotatable bonds is 2. The Labute approximate surface area is 86.5 Å². The van der Waals surface area contributed by atoms with Crippen LogP contribution < -0.4 is 5.32 Å². The molecule has 76 valence electrons. The predicted molar refractivity (Wildman–Crippen MR) is 60.5 cm³/mol. The van der Waals surface area contributed by atoms with E-state index in [9.17, 15) is 0 Å². The van der Waals surface area contributed by atoms with Crippen molar-refractivity contribution < 1.29 is 0 Å². The van der Waals surface area contributed by atoms with Crippen molar-refractivity contribution in [1.29, 1.82) is 0 Å². The van der Waals surface area contributed by atoms with Crippen molar-refractivity contribution in [2.24, 2.45) is 0 Å². The summed E-state index contributed by atoms with van der Waals surface area (Å²) in [6, 6.07) is 11.6. The van der Waals surface area contributed by atoms with Gasteiger partial charge in [-0.2, -0.15) is 0 Å². The number of benzene rings is 1. The quantitative estimate of drug-likeness (QED) is 0.754. The maximum Gasteiger partial charge on any atom is 0.0133 e. The molecule has 0 spiro atoms. The minimum atomic E-state index is 0.686. The maximum atomic E-state index is 3.45. The Morgan fingerprint density at radius 2 is 1.79 bits per heavy atom. The van der Waals surface area contributed by atoms with E-state index in [0.717, 1.165) is 5.92 Å². The number of nitrogens with one attached hydrogen (secondary N) is 1. The molecule has 0 heterocycles. The van der Waals surface area contributed by atoms with Crippen molar-refractivity contribution >= 4 is 0 Å². The SMILES string of the molecule is CN[C@@H]1CCCC[C@@H]1c1ccccc1. The van der Waals surface area contributed by atoms with Crippen molar-refractivity contribution in [3.8, 4) is 0 Å². The Morgan fingerprint density at radius 3 is 2.50 bits per heavy atom. The molecule has 14 heavy (non-hydrogen) atoms.